The van der Waals surface area contributed by atoms with Crippen LogP contribution in [0.15, 0.2) is 110 Å². The normalized spacial score (nSPS) is 20.7. The topological polar surface area (TPSA) is 143 Å². The van der Waals surface area contributed by atoms with Gasteiger partial charge in [0.15, 0.2) is 23.3 Å². The molecule has 2 amide bonds. The fourth-order valence-electron chi connectivity index (χ4n) is 8.82. The summed E-state index contributed by atoms with van der Waals surface area (Å²) in [7, 11) is 3.57. The first-order chi connectivity index (χ1) is 29.3. The van der Waals surface area contributed by atoms with Gasteiger partial charge in [0.25, 0.3) is 11.8 Å². The molecule has 4 aromatic heterocycles. The van der Waals surface area contributed by atoms with Crippen LogP contribution >= 0.6 is 0 Å². The molecule has 60 heavy (non-hydrogen) atoms. The van der Waals surface area contributed by atoms with Gasteiger partial charge in [-0.25, -0.2) is 19.9 Å². The number of amides is 2. The molecule has 2 atom stereocenters. The van der Waals surface area contributed by atoms with Gasteiger partial charge in [-0.1, -0.05) is 74.5 Å². The number of rotatable bonds is 6. The van der Waals surface area contributed by atoms with Crippen LogP contribution in [0.25, 0.3) is 45.0 Å². The third kappa shape index (κ3) is 6.34. The summed E-state index contributed by atoms with van der Waals surface area (Å²) < 4.78 is 11.4. The number of carbonyl (C=O) groups is 2. The van der Waals surface area contributed by atoms with E-state index in [1.807, 2.05) is 74.8 Å². The van der Waals surface area contributed by atoms with Gasteiger partial charge in [-0.3, -0.25) is 19.6 Å². The van der Waals surface area contributed by atoms with Gasteiger partial charge in [0.2, 0.25) is 0 Å². The minimum Gasteiger partial charge on any atom is -0.377 e. The van der Waals surface area contributed by atoms with E-state index < -0.39 is 11.1 Å². The minimum atomic E-state index is -0.716. The van der Waals surface area contributed by atoms with Crippen LogP contribution in [0.4, 0.5) is 23.0 Å². The second-order valence-electron chi connectivity index (χ2n) is 15.3. The van der Waals surface area contributed by atoms with Gasteiger partial charge in [-0.05, 0) is 36.1 Å². The van der Waals surface area contributed by atoms with Crippen molar-refractivity contribution in [3.63, 3.8) is 0 Å². The zero-order valence-corrected chi connectivity index (χ0v) is 34.2. The molecule has 304 valence electrons. The predicted molar refractivity (Wildman–Crippen MR) is 231 cm³/mol. The highest BCUT2D eigenvalue weighted by atomic mass is 16.5. The Hall–Kier alpha value is -6.64. The summed E-state index contributed by atoms with van der Waals surface area (Å²) in [5.74, 6) is 2.86. The number of ether oxygens (including phenoxy) is 2. The summed E-state index contributed by atoms with van der Waals surface area (Å²) >= 11 is 0. The number of fused-ring (bicyclic) bond motifs is 6. The molecule has 4 aliphatic rings. The molecule has 4 aliphatic heterocycles. The molecule has 0 unspecified atom stereocenters. The van der Waals surface area contributed by atoms with Crippen molar-refractivity contribution in [2.45, 2.75) is 37.8 Å². The van der Waals surface area contributed by atoms with Crippen molar-refractivity contribution in [3.05, 3.63) is 110 Å². The molecule has 6 aromatic rings. The molecular weight excluding hydrogens is 757 g/mol. The van der Waals surface area contributed by atoms with Gasteiger partial charge in [0.05, 0.1) is 38.8 Å². The SMILES string of the molecule is CC[C@@]12COCCN1c1nc(-c3ccncc3-c3ccccc3)ncc1N(C)C2=O.CC[C@]12COCCN1c1nc(-c3ccncc3-c3ccccc3)ncc1N(C)C2=O. The van der Waals surface area contributed by atoms with Crippen molar-refractivity contribution < 1.29 is 19.1 Å². The predicted octanol–water partition coefficient (Wildman–Crippen LogP) is 6.33. The van der Waals surface area contributed by atoms with Crippen LogP contribution in [0.3, 0.4) is 0 Å². The first-order valence-corrected chi connectivity index (χ1v) is 20.3. The lowest BCUT2D eigenvalue weighted by Gasteiger charge is -2.51. The molecule has 0 radical (unpaired) electrons. The lowest BCUT2D eigenvalue weighted by Crippen LogP contribution is -2.68. The molecule has 14 heteroatoms. The summed E-state index contributed by atoms with van der Waals surface area (Å²) in [5, 5.41) is 0. The Morgan fingerprint density at radius 1 is 0.567 bits per heavy atom. The molecule has 2 aromatic carbocycles. The Morgan fingerprint density at radius 3 is 1.38 bits per heavy atom. The second-order valence-corrected chi connectivity index (χ2v) is 15.3. The van der Waals surface area contributed by atoms with Crippen LogP contribution in [-0.2, 0) is 19.1 Å². The van der Waals surface area contributed by atoms with Gasteiger partial charge in [0, 0.05) is 74.2 Å². The van der Waals surface area contributed by atoms with E-state index in [0.717, 1.165) is 56.4 Å². The van der Waals surface area contributed by atoms with Gasteiger partial charge in [-0.2, -0.15) is 0 Å². The molecule has 2 fully saturated rings. The van der Waals surface area contributed by atoms with Crippen molar-refractivity contribution in [1.29, 1.82) is 0 Å². The molecule has 0 spiro atoms. The maximum Gasteiger partial charge on any atom is 0.255 e. The van der Waals surface area contributed by atoms with Crippen molar-refractivity contribution in [3.8, 4) is 45.0 Å². The van der Waals surface area contributed by atoms with E-state index in [1.165, 1.54) is 0 Å². The quantitative estimate of drug-likeness (QED) is 0.186. The number of nitrogens with zero attached hydrogens (tertiary/aromatic N) is 10. The van der Waals surface area contributed by atoms with Crippen LogP contribution < -0.4 is 19.6 Å². The molecule has 10 rings (SSSR count). The highest BCUT2D eigenvalue weighted by Gasteiger charge is 2.53. The number of morpholine rings is 2. The number of likely N-dealkylation sites (N-methyl/N-ethyl adjacent to an activating group) is 2. The fourth-order valence-corrected chi connectivity index (χ4v) is 8.82. The number of aromatic nitrogens is 6. The zero-order valence-electron chi connectivity index (χ0n) is 34.2. The number of hydrogen-bond donors (Lipinski definition) is 0. The van der Waals surface area contributed by atoms with Crippen LogP contribution in [0, 0.1) is 0 Å². The average molecular weight is 803 g/mol. The lowest BCUT2D eigenvalue weighted by atomic mass is 9.89. The summed E-state index contributed by atoms with van der Waals surface area (Å²) in [5.41, 5.74) is 5.91. The third-order valence-electron chi connectivity index (χ3n) is 12.2. The highest BCUT2D eigenvalue weighted by Crippen LogP contribution is 2.44. The van der Waals surface area contributed by atoms with E-state index in [2.05, 4.69) is 54.0 Å². The molecule has 0 N–H and O–H groups in total. The lowest BCUT2D eigenvalue weighted by molar-refractivity contribution is -0.129. The smallest absolute Gasteiger partial charge is 0.255 e. The van der Waals surface area contributed by atoms with E-state index in [4.69, 9.17) is 19.4 Å². The third-order valence-corrected chi connectivity index (χ3v) is 12.2. The van der Waals surface area contributed by atoms with Crippen LogP contribution in [-0.4, -0.2) is 106 Å². The number of anilines is 4. The minimum absolute atomic E-state index is 0.0300. The van der Waals surface area contributed by atoms with Crippen LogP contribution in [0.5, 0.6) is 0 Å². The molecular formula is C46H46N10O4. The summed E-state index contributed by atoms with van der Waals surface area (Å²) in [6, 6.07) is 24.1. The van der Waals surface area contributed by atoms with Gasteiger partial charge >= 0.3 is 0 Å². The van der Waals surface area contributed by atoms with Crippen LogP contribution in [0.1, 0.15) is 26.7 Å². The van der Waals surface area contributed by atoms with Gasteiger partial charge in [0.1, 0.15) is 22.5 Å². The zero-order chi connectivity index (χ0) is 41.4. The second kappa shape index (κ2) is 15.8. The fraction of sp³-hybridized carbons (Fsp3) is 0.304. The largest absolute Gasteiger partial charge is 0.377 e. The highest BCUT2D eigenvalue weighted by molar-refractivity contribution is 6.08. The summed E-state index contributed by atoms with van der Waals surface area (Å²) in [6.45, 7) is 7.18. The first-order valence-electron chi connectivity index (χ1n) is 20.3. The number of carbonyl (C=O) groups excluding carboxylic acids is 2. The average Bonchev–Trinajstić information content (AvgIpc) is 3.32. The molecule has 8 heterocycles. The van der Waals surface area contributed by atoms with Crippen molar-refractivity contribution in [2.24, 2.45) is 0 Å². The maximum atomic E-state index is 13.2. The van der Waals surface area contributed by atoms with Gasteiger partial charge < -0.3 is 29.1 Å². The number of benzene rings is 2. The maximum absolute atomic E-state index is 13.2. The van der Waals surface area contributed by atoms with E-state index >= 15 is 0 Å². The Labute approximate surface area is 348 Å². The van der Waals surface area contributed by atoms with Crippen LogP contribution in [0.2, 0.25) is 0 Å². The van der Waals surface area contributed by atoms with E-state index in [0.29, 0.717) is 64.0 Å². The first kappa shape index (κ1) is 38.9. The van der Waals surface area contributed by atoms with E-state index in [-0.39, 0.29) is 11.8 Å². The Bertz CT molecular complexity index is 2380. The molecule has 14 nitrogen and oxygen atoms in total. The standard InChI is InChI=1S/2C23H23N5O2/c2*1-3-23-15-30-12-11-28(23)21-19(27(2)22(23)29)14-25-20(26-21)17-9-10-24-13-18(17)16-7-5-4-6-8-16/h2*4-10,13-14H,3,11-12,15H2,1-2H3/t2*23-/m10/s1. The number of hydrogen-bond acceptors (Lipinski definition) is 12. The van der Waals surface area contributed by atoms with Crippen molar-refractivity contribution >= 4 is 34.8 Å². The summed E-state index contributed by atoms with van der Waals surface area (Å²) in [6.07, 6.45) is 12.0. The van der Waals surface area contributed by atoms with E-state index in [1.54, 1.807) is 48.7 Å². The van der Waals surface area contributed by atoms with Crippen molar-refractivity contribution in [1.82, 2.24) is 29.9 Å². The Morgan fingerprint density at radius 2 is 0.983 bits per heavy atom. The molecule has 0 bridgehead atoms. The van der Waals surface area contributed by atoms with Gasteiger partial charge in [-0.15, -0.1) is 0 Å². The molecule has 0 saturated carbocycles. The molecule has 2 saturated heterocycles. The Kier molecular flexibility index (Phi) is 10.3. The number of pyridine rings is 2. The van der Waals surface area contributed by atoms with E-state index in [9.17, 15) is 9.59 Å². The molecule has 0 aliphatic carbocycles. The van der Waals surface area contributed by atoms with Crippen molar-refractivity contribution in [2.75, 3.05) is 73.2 Å². The Balaban J connectivity index is 0.000000154. The monoisotopic (exact) mass is 802 g/mol. The summed E-state index contributed by atoms with van der Waals surface area (Å²) in [4.78, 5) is 61.8.